The van der Waals surface area contributed by atoms with E-state index in [-0.39, 0.29) is 23.2 Å². The Bertz CT molecular complexity index is 1590. The van der Waals surface area contributed by atoms with Crippen molar-refractivity contribution >= 4 is 72.3 Å². The average Bonchev–Trinajstić information content (AvgIpc) is 3.42. The third-order valence-corrected chi connectivity index (χ3v) is 10.3. The van der Waals surface area contributed by atoms with Crippen molar-refractivity contribution in [1.82, 2.24) is 9.88 Å². The minimum atomic E-state index is -3.79. The number of thiazole rings is 1. The Hall–Kier alpha value is -2.73. The molecule has 0 spiro atoms. The van der Waals surface area contributed by atoms with Gasteiger partial charge in [-0.05, 0) is 67.4 Å². The molecule has 3 aromatic carbocycles. The molecule has 218 valence electrons. The summed E-state index contributed by atoms with van der Waals surface area (Å²) >= 11 is 7.78. The summed E-state index contributed by atoms with van der Waals surface area (Å²) in [6.45, 7) is 6.42. The van der Waals surface area contributed by atoms with Gasteiger partial charge < -0.3 is 4.74 Å². The summed E-state index contributed by atoms with van der Waals surface area (Å²) < 4.78 is 34.1. The number of rotatable bonds is 9. The third kappa shape index (κ3) is 6.85. The van der Waals surface area contributed by atoms with Crippen LogP contribution < -0.4 is 9.21 Å². The van der Waals surface area contributed by atoms with Crippen LogP contribution in [-0.2, 0) is 14.8 Å². The van der Waals surface area contributed by atoms with Crippen molar-refractivity contribution in [3.8, 4) is 0 Å². The number of aromatic nitrogens is 1. The van der Waals surface area contributed by atoms with Gasteiger partial charge in [0.2, 0.25) is 0 Å². The van der Waals surface area contributed by atoms with Gasteiger partial charge in [0.25, 0.3) is 15.9 Å². The van der Waals surface area contributed by atoms with E-state index < -0.39 is 10.0 Å². The standard InChI is InChI=1S/C29H31ClN4O4S2.ClH/c1-21-25(30)13-14-26-27(21)31-29(39-26)34(16-6-15-33-17-19-38-20-18-33)28(35)22-9-11-24(12-10-22)40(36,37)32(2)23-7-4-3-5-8-23;/h3-5,7-14H,6,15-20H2,1-2H3;1H. The van der Waals surface area contributed by atoms with Crippen LogP contribution in [0.3, 0.4) is 0 Å². The predicted molar refractivity (Wildman–Crippen MR) is 169 cm³/mol. The number of morpholine rings is 1. The van der Waals surface area contributed by atoms with Crippen LogP contribution in [-0.4, -0.2) is 70.6 Å². The largest absolute Gasteiger partial charge is 0.379 e. The molecule has 0 saturated carbocycles. The summed E-state index contributed by atoms with van der Waals surface area (Å²) in [6, 6.07) is 18.7. The predicted octanol–water partition coefficient (Wildman–Crippen LogP) is 5.87. The molecule has 2 heterocycles. The fourth-order valence-corrected chi connectivity index (χ4v) is 7.02. The summed E-state index contributed by atoms with van der Waals surface area (Å²) in [5.41, 5.74) is 2.60. The van der Waals surface area contributed by atoms with Gasteiger partial charge in [0.1, 0.15) is 0 Å². The number of hydrogen-bond donors (Lipinski definition) is 0. The number of fused-ring (bicyclic) bond motifs is 1. The number of ether oxygens (including phenoxy) is 1. The van der Waals surface area contributed by atoms with Crippen molar-refractivity contribution in [3.63, 3.8) is 0 Å². The number of carbonyl (C=O) groups excluding carboxylic acids is 1. The molecule has 0 aliphatic carbocycles. The van der Waals surface area contributed by atoms with Crippen LogP contribution in [0.2, 0.25) is 5.02 Å². The lowest BCUT2D eigenvalue weighted by Crippen LogP contribution is -2.39. The highest BCUT2D eigenvalue weighted by atomic mass is 35.5. The Morgan fingerprint density at radius 3 is 2.41 bits per heavy atom. The molecular formula is C29H32Cl2N4O4S2. The Morgan fingerprint density at radius 2 is 1.73 bits per heavy atom. The molecule has 5 rings (SSSR count). The van der Waals surface area contributed by atoms with E-state index in [1.54, 1.807) is 41.3 Å². The normalized spacial score (nSPS) is 14.0. The zero-order chi connectivity index (χ0) is 28.3. The van der Waals surface area contributed by atoms with Crippen LogP contribution in [0.25, 0.3) is 10.2 Å². The molecule has 12 heteroatoms. The molecule has 0 bridgehead atoms. The van der Waals surface area contributed by atoms with Gasteiger partial charge in [0, 0.05) is 43.8 Å². The monoisotopic (exact) mass is 634 g/mol. The van der Waals surface area contributed by atoms with Crippen LogP contribution in [0.1, 0.15) is 22.3 Å². The summed E-state index contributed by atoms with van der Waals surface area (Å²) in [4.78, 5) is 22.8. The van der Waals surface area contributed by atoms with Crippen LogP contribution in [0.5, 0.6) is 0 Å². The number of aryl methyl sites for hydroxylation is 1. The molecule has 1 aliphatic heterocycles. The second kappa shape index (κ2) is 13.5. The van der Waals surface area contributed by atoms with Gasteiger partial charge in [0.15, 0.2) is 5.13 Å². The van der Waals surface area contributed by atoms with Crippen molar-refractivity contribution in [2.75, 3.05) is 55.6 Å². The molecule has 1 fully saturated rings. The topological polar surface area (TPSA) is 83.0 Å². The van der Waals surface area contributed by atoms with Crippen molar-refractivity contribution in [1.29, 1.82) is 0 Å². The number of para-hydroxylation sites is 1. The average molecular weight is 636 g/mol. The van der Waals surface area contributed by atoms with Gasteiger partial charge in [-0.3, -0.25) is 18.9 Å². The maximum Gasteiger partial charge on any atom is 0.264 e. The summed E-state index contributed by atoms with van der Waals surface area (Å²) in [7, 11) is -2.27. The highest BCUT2D eigenvalue weighted by Crippen LogP contribution is 2.34. The van der Waals surface area contributed by atoms with E-state index in [9.17, 15) is 13.2 Å². The third-order valence-electron chi connectivity index (χ3n) is 7.05. The number of halogens is 2. The Kier molecular flexibility index (Phi) is 10.3. The highest BCUT2D eigenvalue weighted by Gasteiger charge is 2.25. The quantitative estimate of drug-likeness (QED) is 0.229. The summed E-state index contributed by atoms with van der Waals surface area (Å²) in [5.74, 6) is -0.231. The van der Waals surface area contributed by atoms with E-state index in [0.717, 1.165) is 55.0 Å². The SMILES string of the molecule is Cc1c(Cl)ccc2sc(N(CCCN3CCOCC3)C(=O)c3ccc(S(=O)(=O)N(C)c4ccccc4)cc3)nc12.Cl. The van der Waals surface area contributed by atoms with Crippen molar-refractivity contribution in [3.05, 3.63) is 82.9 Å². The lowest BCUT2D eigenvalue weighted by molar-refractivity contribution is 0.0376. The van der Waals surface area contributed by atoms with E-state index in [2.05, 4.69) is 4.90 Å². The van der Waals surface area contributed by atoms with Gasteiger partial charge >= 0.3 is 0 Å². The maximum absolute atomic E-state index is 13.8. The van der Waals surface area contributed by atoms with Gasteiger partial charge in [0.05, 0.1) is 34.0 Å². The molecule has 0 N–H and O–H groups in total. The number of amides is 1. The van der Waals surface area contributed by atoms with Crippen LogP contribution in [0.15, 0.2) is 71.6 Å². The fourth-order valence-electron chi connectivity index (χ4n) is 4.63. The first-order chi connectivity index (χ1) is 19.3. The first-order valence-corrected chi connectivity index (χ1v) is 15.7. The van der Waals surface area contributed by atoms with Gasteiger partial charge in [-0.25, -0.2) is 13.4 Å². The van der Waals surface area contributed by atoms with Crippen LogP contribution >= 0.6 is 35.3 Å². The van der Waals surface area contributed by atoms with Crippen LogP contribution in [0, 0.1) is 6.92 Å². The second-order valence-electron chi connectivity index (χ2n) is 9.61. The molecule has 8 nitrogen and oxygen atoms in total. The van der Waals surface area contributed by atoms with Crippen molar-refractivity contribution < 1.29 is 17.9 Å². The Morgan fingerprint density at radius 1 is 1.05 bits per heavy atom. The van der Waals surface area contributed by atoms with Gasteiger partial charge in [-0.1, -0.05) is 41.1 Å². The van der Waals surface area contributed by atoms with Crippen molar-refractivity contribution in [2.24, 2.45) is 0 Å². The number of anilines is 2. The number of carbonyl (C=O) groups is 1. The zero-order valence-electron chi connectivity index (χ0n) is 22.8. The first-order valence-electron chi connectivity index (χ1n) is 13.1. The van der Waals surface area contributed by atoms with E-state index in [0.29, 0.717) is 27.9 Å². The molecule has 4 aromatic rings. The van der Waals surface area contributed by atoms with E-state index in [4.69, 9.17) is 21.3 Å². The number of nitrogens with zero attached hydrogens (tertiary/aromatic N) is 4. The molecular weight excluding hydrogens is 603 g/mol. The minimum absolute atomic E-state index is 0. The molecule has 41 heavy (non-hydrogen) atoms. The molecule has 0 unspecified atom stereocenters. The fraction of sp³-hybridized carbons (Fsp3) is 0.310. The Labute approximate surface area is 256 Å². The number of sulfonamides is 1. The molecule has 1 amide bonds. The number of hydrogen-bond acceptors (Lipinski definition) is 7. The first kappa shape index (κ1) is 31.2. The van der Waals surface area contributed by atoms with E-state index >= 15 is 0 Å². The zero-order valence-corrected chi connectivity index (χ0v) is 26.0. The second-order valence-corrected chi connectivity index (χ2v) is 13.0. The molecule has 1 aromatic heterocycles. The van der Waals surface area contributed by atoms with E-state index in [1.165, 1.54) is 34.8 Å². The lowest BCUT2D eigenvalue weighted by Gasteiger charge is -2.27. The Balaban J connectivity index is 0.00000387. The van der Waals surface area contributed by atoms with Gasteiger partial charge in [-0.15, -0.1) is 12.4 Å². The molecule has 1 aliphatic rings. The molecule has 1 saturated heterocycles. The lowest BCUT2D eigenvalue weighted by atomic mass is 10.2. The minimum Gasteiger partial charge on any atom is -0.379 e. The maximum atomic E-state index is 13.8. The van der Waals surface area contributed by atoms with Crippen molar-refractivity contribution in [2.45, 2.75) is 18.2 Å². The smallest absolute Gasteiger partial charge is 0.264 e. The summed E-state index contributed by atoms with van der Waals surface area (Å²) in [5, 5.41) is 1.22. The molecule has 0 atom stereocenters. The highest BCUT2D eigenvalue weighted by molar-refractivity contribution is 7.92. The number of benzene rings is 3. The van der Waals surface area contributed by atoms with Crippen LogP contribution in [0.4, 0.5) is 10.8 Å². The summed E-state index contributed by atoms with van der Waals surface area (Å²) in [6.07, 6.45) is 0.760. The molecule has 0 radical (unpaired) electrons. The van der Waals surface area contributed by atoms with E-state index in [1.807, 2.05) is 25.1 Å². The van der Waals surface area contributed by atoms with Gasteiger partial charge in [-0.2, -0.15) is 0 Å².